The molecule has 2 aromatic carbocycles. The second-order valence-electron chi connectivity index (χ2n) is 4.68. The second-order valence-corrected chi connectivity index (χ2v) is 4.68. The topological polar surface area (TPSA) is 58.9 Å². The third-order valence-corrected chi connectivity index (χ3v) is 3.35. The van der Waals surface area contributed by atoms with Crippen LogP contribution in [0, 0.1) is 12.3 Å². The van der Waals surface area contributed by atoms with Crippen LogP contribution in [0.15, 0.2) is 48.5 Å². The van der Waals surface area contributed by atoms with Gasteiger partial charge < -0.3 is 19.7 Å². The number of benzene rings is 2. The van der Waals surface area contributed by atoms with E-state index in [-0.39, 0.29) is 13.2 Å². The summed E-state index contributed by atoms with van der Waals surface area (Å²) in [6.45, 7) is 0.166. The van der Waals surface area contributed by atoms with Crippen LogP contribution >= 0.6 is 0 Å². The van der Waals surface area contributed by atoms with Gasteiger partial charge in [-0.05, 0) is 24.3 Å². The molecular formula is C18H18O4. The Labute approximate surface area is 129 Å². The summed E-state index contributed by atoms with van der Waals surface area (Å²) in [6, 6.07) is 13.8. The number of methoxy groups -OCH3 is 1. The largest absolute Gasteiger partial charge is 0.497 e. The van der Waals surface area contributed by atoms with Crippen molar-refractivity contribution >= 4 is 0 Å². The van der Waals surface area contributed by atoms with Crippen LogP contribution in [0.5, 0.6) is 11.5 Å². The molecule has 22 heavy (non-hydrogen) atoms. The molecule has 0 aliphatic rings. The molecule has 0 bridgehead atoms. The van der Waals surface area contributed by atoms with Gasteiger partial charge in [0.2, 0.25) is 0 Å². The molecule has 0 saturated carbocycles. The number of terminal acetylenes is 1. The van der Waals surface area contributed by atoms with Crippen LogP contribution in [0.2, 0.25) is 0 Å². The Bertz CT molecular complexity index is 640. The number of aliphatic hydroxyl groups is 2. The molecule has 2 N–H and O–H groups in total. The van der Waals surface area contributed by atoms with Crippen molar-refractivity contribution in [3.05, 3.63) is 59.7 Å². The van der Waals surface area contributed by atoms with E-state index in [1.54, 1.807) is 55.6 Å². The van der Waals surface area contributed by atoms with Gasteiger partial charge in [0.1, 0.15) is 18.1 Å². The number of aliphatic hydroxyl groups excluding tert-OH is 1. The van der Waals surface area contributed by atoms with Gasteiger partial charge in [0.25, 0.3) is 0 Å². The summed E-state index contributed by atoms with van der Waals surface area (Å²) in [5, 5.41) is 19.6. The third-order valence-electron chi connectivity index (χ3n) is 3.35. The summed E-state index contributed by atoms with van der Waals surface area (Å²) < 4.78 is 10.4. The zero-order valence-corrected chi connectivity index (χ0v) is 12.3. The van der Waals surface area contributed by atoms with E-state index < -0.39 is 5.60 Å². The summed E-state index contributed by atoms with van der Waals surface area (Å²) in [5.41, 5.74) is -0.377. The Morgan fingerprint density at radius 2 is 1.50 bits per heavy atom. The fourth-order valence-corrected chi connectivity index (χ4v) is 2.12. The summed E-state index contributed by atoms with van der Waals surface area (Å²) in [7, 11) is 1.58. The standard InChI is InChI=1S/C18H18O4/c1-3-18(20,14-4-8-16(21-2)9-5-14)15-6-10-17(11-7-15)22-13-12-19/h1,4-11,19-20H,12-13H2,2H3. The lowest BCUT2D eigenvalue weighted by Crippen LogP contribution is -2.24. The van der Waals surface area contributed by atoms with Crippen LogP contribution in [0.1, 0.15) is 11.1 Å². The van der Waals surface area contributed by atoms with E-state index in [1.807, 2.05) is 0 Å². The van der Waals surface area contributed by atoms with Gasteiger partial charge in [-0.3, -0.25) is 0 Å². The van der Waals surface area contributed by atoms with Crippen LogP contribution in [-0.2, 0) is 5.60 Å². The molecule has 0 fully saturated rings. The lowest BCUT2D eigenvalue weighted by atomic mass is 9.87. The highest BCUT2D eigenvalue weighted by Gasteiger charge is 2.29. The molecule has 1 atom stereocenters. The van der Waals surface area contributed by atoms with E-state index in [0.29, 0.717) is 22.6 Å². The molecule has 1 unspecified atom stereocenters. The molecule has 2 rings (SSSR count). The molecular weight excluding hydrogens is 280 g/mol. The molecule has 0 aliphatic heterocycles. The van der Waals surface area contributed by atoms with Gasteiger partial charge in [-0.25, -0.2) is 0 Å². The maximum Gasteiger partial charge on any atom is 0.176 e. The molecule has 114 valence electrons. The molecule has 0 heterocycles. The van der Waals surface area contributed by atoms with Crippen LogP contribution < -0.4 is 9.47 Å². The molecule has 0 aromatic heterocycles. The van der Waals surface area contributed by atoms with Gasteiger partial charge in [0.15, 0.2) is 5.60 Å². The minimum absolute atomic E-state index is 0.0537. The fraction of sp³-hybridized carbons (Fsp3) is 0.222. The van der Waals surface area contributed by atoms with Gasteiger partial charge in [-0.15, -0.1) is 6.42 Å². The molecule has 2 aromatic rings. The predicted octanol–water partition coefficient (Wildman–Crippen LogP) is 1.94. The Hall–Kier alpha value is -2.48. The van der Waals surface area contributed by atoms with Crippen molar-refractivity contribution in [2.24, 2.45) is 0 Å². The van der Waals surface area contributed by atoms with Crippen molar-refractivity contribution in [1.82, 2.24) is 0 Å². The lowest BCUT2D eigenvalue weighted by Gasteiger charge is -2.23. The summed E-state index contributed by atoms with van der Waals surface area (Å²) >= 11 is 0. The van der Waals surface area contributed by atoms with Crippen molar-refractivity contribution < 1.29 is 19.7 Å². The summed E-state index contributed by atoms with van der Waals surface area (Å²) in [5.74, 6) is 3.74. The normalized spacial score (nSPS) is 13.0. The first kappa shape index (κ1) is 15.9. The van der Waals surface area contributed by atoms with Crippen LogP contribution in [0.25, 0.3) is 0 Å². The first-order valence-electron chi connectivity index (χ1n) is 6.83. The number of ether oxygens (including phenoxy) is 2. The average Bonchev–Trinajstić information content (AvgIpc) is 2.59. The van der Waals surface area contributed by atoms with E-state index in [4.69, 9.17) is 21.0 Å². The first-order chi connectivity index (χ1) is 10.6. The highest BCUT2D eigenvalue weighted by molar-refractivity contribution is 5.46. The van der Waals surface area contributed by atoms with E-state index >= 15 is 0 Å². The van der Waals surface area contributed by atoms with Crippen molar-refractivity contribution in [2.45, 2.75) is 5.60 Å². The number of hydrogen-bond acceptors (Lipinski definition) is 4. The number of hydrogen-bond donors (Lipinski definition) is 2. The van der Waals surface area contributed by atoms with Gasteiger partial charge in [-0.1, -0.05) is 30.2 Å². The van der Waals surface area contributed by atoms with Crippen LogP contribution in [0.3, 0.4) is 0 Å². The van der Waals surface area contributed by atoms with Gasteiger partial charge >= 0.3 is 0 Å². The quantitative estimate of drug-likeness (QED) is 0.800. The maximum atomic E-state index is 10.8. The molecule has 4 heteroatoms. The highest BCUT2D eigenvalue weighted by Crippen LogP contribution is 2.31. The molecule has 0 spiro atoms. The monoisotopic (exact) mass is 298 g/mol. The zero-order valence-electron chi connectivity index (χ0n) is 12.3. The second kappa shape index (κ2) is 6.99. The van der Waals surface area contributed by atoms with Gasteiger partial charge in [0, 0.05) is 11.1 Å². The minimum Gasteiger partial charge on any atom is -0.497 e. The van der Waals surface area contributed by atoms with Crippen molar-refractivity contribution in [1.29, 1.82) is 0 Å². The highest BCUT2D eigenvalue weighted by atomic mass is 16.5. The number of rotatable bonds is 6. The molecule has 0 aliphatic carbocycles. The van der Waals surface area contributed by atoms with E-state index in [1.165, 1.54) is 0 Å². The Kier molecular flexibility index (Phi) is 5.05. The third kappa shape index (κ3) is 3.22. The van der Waals surface area contributed by atoms with Crippen molar-refractivity contribution in [3.63, 3.8) is 0 Å². The minimum atomic E-state index is -1.53. The van der Waals surface area contributed by atoms with E-state index in [0.717, 1.165) is 0 Å². The van der Waals surface area contributed by atoms with Crippen molar-refractivity contribution in [3.8, 4) is 23.8 Å². The first-order valence-corrected chi connectivity index (χ1v) is 6.83. The summed E-state index contributed by atoms with van der Waals surface area (Å²) in [4.78, 5) is 0. The predicted molar refractivity (Wildman–Crippen MR) is 83.8 cm³/mol. The van der Waals surface area contributed by atoms with Gasteiger partial charge in [0.05, 0.1) is 13.7 Å². The summed E-state index contributed by atoms with van der Waals surface area (Å²) in [6.07, 6.45) is 5.56. The molecule has 4 nitrogen and oxygen atoms in total. The fourth-order valence-electron chi connectivity index (χ4n) is 2.12. The van der Waals surface area contributed by atoms with E-state index in [2.05, 4.69) is 5.92 Å². The van der Waals surface area contributed by atoms with E-state index in [9.17, 15) is 5.11 Å². The Morgan fingerprint density at radius 3 is 1.91 bits per heavy atom. The molecule has 0 saturated heterocycles. The average molecular weight is 298 g/mol. The maximum absolute atomic E-state index is 10.8. The van der Waals surface area contributed by atoms with Crippen LogP contribution in [0.4, 0.5) is 0 Å². The Balaban J connectivity index is 2.30. The lowest BCUT2D eigenvalue weighted by molar-refractivity contribution is 0.145. The van der Waals surface area contributed by atoms with Crippen molar-refractivity contribution in [2.75, 3.05) is 20.3 Å². The Morgan fingerprint density at radius 1 is 1.00 bits per heavy atom. The molecule has 0 amide bonds. The van der Waals surface area contributed by atoms with Crippen LogP contribution in [-0.4, -0.2) is 30.5 Å². The molecule has 0 radical (unpaired) electrons. The zero-order chi connectivity index (χ0) is 16.0. The SMILES string of the molecule is C#CC(O)(c1ccc(OC)cc1)c1ccc(OCCO)cc1. The smallest absolute Gasteiger partial charge is 0.176 e. The van der Waals surface area contributed by atoms with Gasteiger partial charge in [-0.2, -0.15) is 0 Å².